The van der Waals surface area contributed by atoms with Crippen molar-refractivity contribution >= 4 is 34.8 Å². The minimum absolute atomic E-state index is 0.0483. The molecule has 0 spiro atoms. The van der Waals surface area contributed by atoms with E-state index in [9.17, 15) is 4.79 Å². The zero-order chi connectivity index (χ0) is 16.2. The Hall–Kier alpha value is -1.91. The first-order chi connectivity index (χ1) is 11.1. The molecule has 0 N–H and O–H groups in total. The molecular formula is C17H15Cl2NO3. The Bertz CT molecular complexity index is 703. The molecule has 120 valence electrons. The molecule has 1 aliphatic rings. The van der Waals surface area contributed by atoms with Crippen molar-refractivity contribution in [3.63, 3.8) is 0 Å². The first-order valence-electron chi connectivity index (χ1n) is 7.24. The van der Waals surface area contributed by atoms with Crippen LogP contribution < -0.4 is 14.4 Å². The summed E-state index contributed by atoms with van der Waals surface area (Å²) in [6.07, 6.45) is 0.695. The van der Waals surface area contributed by atoms with E-state index in [0.29, 0.717) is 41.1 Å². The van der Waals surface area contributed by atoms with E-state index >= 15 is 0 Å². The van der Waals surface area contributed by atoms with Gasteiger partial charge in [0, 0.05) is 16.6 Å². The molecule has 4 nitrogen and oxygen atoms in total. The number of anilines is 1. The van der Waals surface area contributed by atoms with Crippen molar-refractivity contribution in [2.75, 3.05) is 24.7 Å². The molecule has 0 bridgehead atoms. The van der Waals surface area contributed by atoms with Crippen LogP contribution in [0.3, 0.4) is 0 Å². The summed E-state index contributed by atoms with van der Waals surface area (Å²) in [6.45, 7) is 1.10. The lowest BCUT2D eigenvalue weighted by Gasteiger charge is -2.29. The molecule has 2 aromatic rings. The average molecular weight is 352 g/mol. The number of fused-ring (bicyclic) bond motifs is 1. The standard InChI is InChI=1S/C17H15Cl2NO3/c18-12-2-5-14(6-3-12)22-9-1-8-20-15-10-13(19)4-7-16(15)23-11-17(20)21/h2-7,10H,1,8-9,11H2. The number of benzene rings is 2. The van der Waals surface area contributed by atoms with Crippen molar-refractivity contribution < 1.29 is 14.3 Å². The van der Waals surface area contributed by atoms with Crippen LogP contribution in [-0.4, -0.2) is 25.7 Å². The largest absolute Gasteiger partial charge is 0.494 e. The summed E-state index contributed by atoms with van der Waals surface area (Å²) in [4.78, 5) is 13.8. The van der Waals surface area contributed by atoms with Crippen LogP contribution in [-0.2, 0) is 4.79 Å². The molecule has 1 amide bonds. The van der Waals surface area contributed by atoms with Crippen LogP contribution in [0.1, 0.15) is 6.42 Å². The smallest absolute Gasteiger partial charge is 0.265 e. The Morgan fingerprint density at radius 2 is 1.83 bits per heavy atom. The molecule has 0 radical (unpaired) electrons. The monoisotopic (exact) mass is 351 g/mol. The predicted molar refractivity (Wildman–Crippen MR) is 90.9 cm³/mol. The molecule has 0 aliphatic carbocycles. The van der Waals surface area contributed by atoms with Gasteiger partial charge in [-0.15, -0.1) is 0 Å². The minimum atomic E-state index is -0.0775. The molecule has 1 heterocycles. The van der Waals surface area contributed by atoms with Crippen LogP contribution >= 0.6 is 23.2 Å². The molecule has 6 heteroatoms. The van der Waals surface area contributed by atoms with Gasteiger partial charge in [0.25, 0.3) is 5.91 Å². The topological polar surface area (TPSA) is 38.8 Å². The fourth-order valence-corrected chi connectivity index (χ4v) is 2.66. The van der Waals surface area contributed by atoms with Crippen molar-refractivity contribution in [1.82, 2.24) is 0 Å². The Balaban J connectivity index is 1.58. The Morgan fingerprint density at radius 1 is 1.09 bits per heavy atom. The average Bonchev–Trinajstić information content (AvgIpc) is 2.55. The van der Waals surface area contributed by atoms with Crippen LogP contribution in [0.5, 0.6) is 11.5 Å². The van der Waals surface area contributed by atoms with Gasteiger partial charge in [-0.3, -0.25) is 4.79 Å². The maximum Gasteiger partial charge on any atom is 0.265 e. The number of hydrogen-bond donors (Lipinski definition) is 0. The van der Waals surface area contributed by atoms with Gasteiger partial charge in [-0.05, 0) is 48.9 Å². The summed E-state index contributed by atoms with van der Waals surface area (Å²) >= 11 is 11.8. The summed E-state index contributed by atoms with van der Waals surface area (Å²) in [7, 11) is 0. The number of hydrogen-bond acceptors (Lipinski definition) is 3. The molecule has 0 saturated carbocycles. The number of carbonyl (C=O) groups is 1. The lowest BCUT2D eigenvalue weighted by Crippen LogP contribution is -2.39. The molecule has 0 unspecified atom stereocenters. The second kappa shape index (κ2) is 7.11. The van der Waals surface area contributed by atoms with Crippen molar-refractivity contribution in [3.05, 3.63) is 52.5 Å². The van der Waals surface area contributed by atoms with Crippen molar-refractivity contribution in [3.8, 4) is 11.5 Å². The lowest BCUT2D eigenvalue weighted by atomic mass is 10.2. The molecule has 0 saturated heterocycles. The summed E-state index contributed by atoms with van der Waals surface area (Å²) in [6, 6.07) is 12.5. The van der Waals surface area contributed by atoms with Gasteiger partial charge in [0.2, 0.25) is 0 Å². The zero-order valence-electron chi connectivity index (χ0n) is 12.3. The third-order valence-electron chi connectivity index (χ3n) is 3.47. The fraction of sp³-hybridized carbons (Fsp3) is 0.235. The van der Waals surface area contributed by atoms with E-state index in [4.69, 9.17) is 32.7 Å². The maximum atomic E-state index is 12.1. The highest BCUT2D eigenvalue weighted by Crippen LogP contribution is 2.34. The number of rotatable bonds is 5. The molecule has 3 rings (SSSR count). The quantitative estimate of drug-likeness (QED) is 0.758. The first kappa shape index (κ1) is 16.0. The molecule has 23 heavy (non-hydrogen) atoms. The third-order valence-corrected chi connectivity index (χ3v) is 3.96. The summed E-state index contributed by atoms with van der Waals surface area (Å²) in [5.74, 6) is 1.35. The molecule has 2 aromatic carbocycles. The first-order valence-corrected chi connectivity index (χ1v) is 8.00. The normalized spacial score (nSPS) is 13.5. The summed E-state index contributed by atoms with van der Waals surface area (Å²) in [5.41, 5.74) is 0.709. The van der Waals surface area contributed by atoms with Crippen LogP contribution in [0.2, 0.25) is 10.0 Å². The van der Waals surface area contributed by atoms with Crippen LogP contribution in [0.4, 0.5) is 5.69 Å². The van der Waals surface area contributed by atoms with E-state index in [1.807, 2.05) is 12.1 Å². The maximum absolute atomic E-state index is 12.1. The van der Waals surface area contributed by atoms with Crippen molar-refractivity contribution in [2.45, 2.75) is 6.42 Å². The van der Waals surface area contributed by atoms with Crippen LogP contribution in [0, 0.1) is 0 Å². The number of ether oxygens (including phenoxy) is 2. The van der Waals surface area contributed by atoms with E-state index in [0.717, 1.165) is 5.75 Å². The van der Waals surface area contributed by atoms with Gasteiger partial charge in [-0.2, -0.15) is 0 Å². The lowest BCUT2D eigenvalue weighted by molar-refractivity contribution is -0.121. The molecule has 0 fully saturated rings. The Labute approximate surface area is 144 Å². The van der Waals surface area contributed by atoms with Gasteiger partial charge in [-0.1, -0.05) is 23.2 Å². The number of carbonyl (C=O) groups excluding carboxylic acids is 1. The van der Waals surface area contributed by atoms with Crippen LogP contribution in [0.15, 0.2) is 42.5 Å². The van der Waals surface area contributed by atoms with E-state index in [2.05, 4.69) is 0 Å². The van der Waals surface area contributed by atoms with Gasteiger partial charge in [-0.25, -0.2) is 0 Å². The number of halogens is 2. The van der Waals surface area contributed by atoms with E-state index in [1.165, 1.54) is 0 Å². The second-order valence-corrected chi connectivity index (χ2v) is 5.97. The van der Waals surface area contributed by atoms with Crippen LogP contribution in [0.25, 0.3) is 0 Å². The van der Waals surface area contributed by atoms with E-state index in [-0.39, 0.29) is 12.5 Å². The number of nitrogens with zero attached hydrogens (tertiary/aromatic N) is 1. The Morgan fingerprint density at radius 3 is 2.61 bits per heavy atom. The van der Waals surface area contributed by atoms with Gasteiger partial charge in [0.15, 0.2) is 6.61 Å². The highest BCUT2D eigenvalue weighted by atomic mass is 35.5. The second-order valence-electron chi connectivity index (χ2n) is 5.10. The van der Waals surface area contributed by atoms with Gasteiger partial charge < -0.3 is 14.4 Å². The molecule has 1 aliphatic heterocycles. The van der Waals surface area contributed by atoms with Gasteiger partial charge >= 0.3 is 0 Å². The van der Waals surface area contributed by atoms with Crippen molar-refractivity contribution in [1.29, 1.82) is 0 Å². The van der Waals surface area contributed by atoms with Gasteiger partial charge in [0.1, 0.15) is 11.5 Å². The highest BCUT2D eigenvalue weighted by molar-refractivity contribution is 6.31. The molecule has 0 aromatic heterocycles. The van der Waals surface area contributed by atoms with E-state index < -0.39 is 0 Å². The SMILES string of the molecule is O=C1COc2ccc(Cl)cc2N1CCCOc1ccc(Cl)cc1. The molecule has 0 atom stereocenters. The predicted octanol–water partition coefficient (Wildman–Crippen LogP) is 4.19. The fourth-order valence-electron chi connectivity index (χ4n) is 2.36. The highest BCUT2D eigenvalue weighted by Gasteiger charge is 2.25. The summed E-state index contributed by atoms with van der Waals surface area (Å²) in [5, 5.41) is 1.24. The van der Waals surface area contributed by atoms with Crippen molar-refractivity contribution in [2.24, 2.45) is 0 Å². The third kappa shape index (κ3) is 3.89. The van der Waals surface area contributed by atoms with E-state index in [1.54, 1.807) is 35.2 Å². The summed E-state index contributed by atoms with van der Waals surface area (Å²) < 4.78 is 11.1. The number of amides is 1. The van der Waals surface area contributed by atoms with Gasteiger partial charge in [0.05, 0.1) is 12.3 Å². The Kier molecular flexibility index (Phi) is 4.94. The molecular weight excluding hydrogens is 337 g/mol. The zero-order valence-corrected chi connectivity index (χ0v) is 13.8. The minimum Gasteiger partial charge on any atom is -0.494 e.